The number of rotatable bonds is 4. The van der Waals surface area contributed by atoms with Crippen LogP contribution in [0.1, 0.15) is 18.0 Å². The zero-order valence-corrected chi connectivity index (χ0v) is 11.2. The Hall–Kier alpha value is -0.910. The minimum atomic E-state index is -2.42. The lowest BCUT2D eigenvalue weighted by Crippen LogP contribution is -2.45. The van der Waals surface area contributed by atoms with Crippen molar-refractivity contribution in [3.63, 3.8) is 0 Å². The van der Waals surface area contributed by atoms with E-state index in [1.54, 1.807) is 12.1 Å². The average Bonchev–Trinajstić information content (AvgIpc) is 2.40. The van der Waals surface area contributed by atoms with Crippen molar-refractivity contribution in [1.29, 1.82) is 0 Å². The first-order valence-corrected chi connectivity index (χ1v) is 6.67. The molecule has 1 aromatic carbocycles. The number of benzene rings is 1. The molecule has 1 aliphatic rings. The first-order valence-electron chi connectivity index (χ1n) is 6.29. The van der Waals surface area contributed by atoms with E-state index in [2.05, 4.69) is 5.32 Å². The lowest BCUT2D eigenvalue weighted by Gasteiger charge is -2.35. The lowest BCUT2D eigenvalue weighted by atomic mass is 10.00. The molecule has 19 heavy (non-hydrogen) atoms. The standard InChI is InChI=1S/C13H17ClF2N2O/c14-9-1-2-12(19)10(7-9)11(8-13(15)16)18-5-3-17-4-6-18/h1-2,7,11,13,17,19H,3-6,8H2/t11-/m1/s1. The smallest absolute Gasteiger partial charge is 0.240 e. The second kappa shape index (κ2) is 6.50. The van der Waals surface area contributed by atoms with Gasteiger partial charge in [-0.2, -0.15) is 0 Å². The van der Waals surface area contributed by atoms with Gasteiger partial charge in [0, 0.05) is 49.2 Å². The van der Waals surface area contributed by atoms with E-state index in [1.807, 2.05) is 4.90 Å². The maximum atomic E-state index is 12.8. The van der Waals surface area contributed by atoms with Crippen LogP contribution in [0.25, 0.3) is 0 Å². The number of hydrogen-bond acceptors (Lipinski definition) is 3. The summed E-state index contributed by atoms with van der Waals surface area (Å²) in [6.07, 6.45) is -2.72. The van der Waals surface area contributed by atoms with E-state index in [1.165, 1.54) is 6.07 Å². The molecule has 0 unspecified atom stereocenters. The van der Waals surface area contributed by atoms with E-state index in [4.69, 9.17) is 11.6 Å². The molecular formula is C13H17ClF2N2O. The van der Waals surface area contributed by atoms with E-state index in [-0.39, 0.29) is 12.2 Å². The van der Waals surface area contributed by atoms with Gasteiger partial charge in [0.15, 0.2) is 0 Å². The highest BCUT2D eigenvalue weighted by Gasteiger charge is 2.27. The van der Waals surface area contributed by atoms with Gasteiger partial charge in [0.25, 0.3) is 0 Å². The van der Waals surface area contributed by atoms with Crippen LogP contribution in [0.3, 0.4) is 0 Å². The van der Waals surface area contributed by atoms with Gasteiger partial charge in [-0.15, -0.1) is 0 Å². The molecule has 2 rings (SSSR count). The fourth-order valence-electron chi connectivity index (χ4n) is 2.43. The SMILES string of the molecule is Oc1ccc(Cl)cc1[C@@H](CC(F)F)N1CCNCC1. The Morgan fingerprint density at radius 3 is 2.63 bits per heavy atom. The van der Waals surface area contributed by atoms with Crippen LogP contribution in [0, 0.1) is 0 Å². The summed E-state index contributed by atoms with van der Waals surface area (Å²) in [7, 11) is 0. The van der Waals surface area contributed by atoms with Crippen molar-refractivity contribution in [1.82, 2.24) is 10.2 Å². The molecule has 0 aliphatic carbocycles. The number of nitrogens with one attached hydrogen (secondary N) is 1. The zero-order chi connectivity index (χ0) is 13.8. The highest BCUT2D eigenvalue weighted by Crippen LogP contribution is 2.35. The third-order valence-electron chi connectivity index (χ3n) is 3.34. The van der Waals surface area contributed by atoms with Gasteiger partial charge in [-0.3, -0.25) is 4.90 Å². The van der Waals surface area contributed by atoms with Crippen LogP contribution >= 0.6 is 11.6 Å². The molecule has 1 atom stereocenters. The molecule has 0 radical (unpaired) electrons. The molecule has 0 aromatic heterocycles. The molecule has 106 valence electrons. The normalized spacial score (nSPS) is 18.7. The predicted molar refractivity (Wildman–Crippen MR) is 70.9 cm³/mol. The third-order valence-corrected chi connectivity index (χ3v) is 3.58. The van der Waals surface area contributed by atoms with Crippen LogP contribution in [0.5, 0.6) is 5.75 Å². The van der Waals surface area contributed by atoms with Gasteiger partial charge < -0.3 is 10.4 Å². The molecule has 1 heterocycles. The van der Waals surface area contributed by atoms with Gasteiger partial charge in [-0.25, -0.2) is 8.78 Å². The van der Waals surface area contributed by atoms with Crippen LogP contribution in [-0.4, -0.2) is 42.6 Å². The lowest BCUT2D eigenvalue weighted by molar-refractivity contribution is 0.0730. The molecule has 1 saturated heterocycles. The molecule has 0 spiro atoms. The fourth-order valence-corrected chi connectivity index (χ4v) is 2.61. The Morgan fingerprint density at radius 2 is 2.00 bits per heavy atom. The first kappa shape index (κ1) is 14.5. The second-order valence-electron chi connectivity index (χ2n) is 4.63. The first-order chi connectivity index (χ1) is 9.08. The van der Waals surface area contributed by atoms with Crippen molar-refractivity contribution >= 4 is 11.6 Å². The largest absolute Gasteiger partial charge is 0.508 e. The summed E-state index contributed by atoms with van der Waals surface area (Å²) in [5.74, 6) is 0.0218. The van der Waals surface area contributed by atoms with Crippen molar-refractivity contribution < 1.29 is 13.9 Å². The molecule has 0 bridgehead atoms. The fraction of sp³-hybridized carbons (Fsp3) is 0.538. The minimum absolute atomic E-state index is 0.0218. The third kappa shape index (κ3) is 3.78. The van der Waals surface area contributed by atoms with Gasteiger partial charge in [0.05, 0.1) is 0 Å². The maximum Gasteiger partial charge on any atom is 0.240 e. The molecular weight excluding hydrogens is 274 g/mol. The van der Waals surface area contributed by atoms with Gasteiger partial charge >= 0.3 is 0 Å². The van der Waals surface area contributed by atoms with Gasteiger partial charge in [-0.1, -0.05) is 11.6 Å². The molecule has 6 heteroatoms. The Bertz CT molecular complexity index is 425. The Kier molecular flexibility index (Phi) is 4.96. The zero-order valence-electron chi connectivity index (χ0n) is 10.5. The second-order valence-corrected chi connectivity index (χ2v) is 5.07. The highest BCUT2D eigenvalue weighted by molar-refractivity contribution is 6.30. The number of phenolic OH excluding ortho intramolecular Hbond substituents is 1. The maximum absolute atomic E-state index is 12.8. The Labute approximate surface area is 116 Å². The number of phenols is 1. The quantitative estimate of drug-likeness (QED) is 0.895. The number of alkyl halides is 2. The summed E-state index contributed by atoms with van der Waals surface area (Å²) in [5.41, 5.74) is 0.481. The number of aromatic hydroxyl groups is 1. The van der Waals surface area contributed by atoms with E-state index in [0.29, 0.717) is 23.7 Å². The number of nitrogens with zero attached hydrogens (tertiary/aromatic N) is 1. The van der Waals surface area contributed by atoms with Crippen molar-refractivity contribution in [2.75, 3.05) is 26.2 Å². The van der Waals surface area contributed by atoms with Gasteiger partial charge in [-0.05, 0) is 18.2 Å². The molecule has 0 saturated carbocycles. The molecule has 0 amide bonds. The Balaban J connectivity index is 2.27. The summed E-state index contributed by atoms with van der Waals surface area (Å²) in [4.78, 5) is 1.97. The van der Waals surface area contributed by atoms with Crippen LogP contribution in [0.15, 0.2) is 18.2 Å². The monoisotopic (exact) mass is 290 g/mol. The average molecular weight is 291 g/mol. The predicted octanol–water partition coefficient (Wildman–Crippen LogP) is 2.65. The topological polar surface area (TPSA) is 35.5 Å². The highest BCUT2D eigenvalue weighted by atomic mass is 35.5. The summed E-state index contributed by atoms with van der Waals surface area (Å²) in [6, 6.07) is 4.09. The summed E-state index contributed by atoms with van der Waals surface area (Å²) in [5, 5.41) is 13.5. The Morgan fingerprint density at radius 1 is 1.32 bits per heavy atom. The van der Waals surface area contributed by atoms with Crippen molar-refractivity contribution in [3.8, 4) is 5.75 Å². The number of hydrogen-bond donors (Lipinski definition) is 2. The number of halogens is 3. The molecule has 1 aromatic rings. The summed E-state index contributed by atoms with van der Waals surface area (Å²) in [6.45, 7) is 2.90. The van der Waals surface area contributed by atoms with E-state index >= 15 is 0 Å². The molecule has 1 fully saturated rings. The van der Waals surface area contributed by atoms with Crippen molar-refractivity contribution in [2.45, 2.75) is 18.9 Å². The van der Waals surface area contributed by atoms with Crippen molar-refractivity contribution in [3.05, 3.63) is 28.8 Å². The van der Waals surface area contributed by atoms with Crippen LogP contribution < -0.4 is 5.32 Å². The molecule has 2 N–H and O–H groups in total. The van der Waals surface area contributed by atoms with Crippen LogP contribution in [-0.2, 0) is 0 Å². The van der Waals surface area contributed by atoms with E-state index in [9.17, 15) is 13.9 Å². The van der Waals surface area contributed by atoms with E-state index < -0.39 is 12.5 Å². The molecule has 1 aliphatic heterocycles. The van der Waals surface area contributed by atoms with Crippen molar-refractivity contribution in [2.24, 2.45) is 0 Å². The molecule has 3 nitrogen and oxygen atoms in total. The van der Waals surface area contributed by atoms with Gasteiger partial charge in [0.1, 0.15) is 5.75 Å². The summed E-state index contributed by atoms with van der Waals surface area (Å²) < 4.78 is 25.6. The minimum Gasteiger partial charge on any atom is -0.508 e. The van der Waals surface area contributed by atoms with Crippen LogP contribution in [0.2, 0.25) is 5.02 Å². The van der Waals surface area contributed by atoms with Gasteiger partial charge in [0.2, 0.25) is 6.43 Å². The summed E-state index contributed by atoms with van der Waals surface area (Å²) >= 11 is 5.91. The van der Waals surface area contributed by atoms with Crippen LogP contribution in [0.4, 0.5) is 8.78 Å². The number of piperazine rings is 1. The van der Waals surface area contributed by atoms with E-state index in [0.717, 1.165) is 13.1 Å².